The van der Waals surface area contributed by atoms with Crippen molar-refractivity contribution >= 4 is 0 Å². The minimum absolute atomic E-state index is 0.00398. The van der Waals surface area contributed by atoms with Crippen LogP contribution in [0.5, 0.6) is 0 Å². The van der Waals surface area contributed by atoms with Gasteiger partial charge in [0.15, 0.2) is 0 Å². The topological polar surface area (TPSA) is 139 Å². The molecule has 6 nitrogen and oxygen atoms in total. The minimum atomic E-state index is -1.22. The van der Waals surface area contributed by atoms with Gasteiger partial charge < -0.3 is 32.5 Å². The molecule has 4 atom stereocenters. The molecule has 1 aliphatic carbocycles. The lowest BCUT2D eigenvalue weighted by atomic mass is 9.78. The Morgan fingerprint density at radius 2 is 1.11 bits per heavy atom. The van der Waals surface area contributed by atoms with Crippen molar-refractivity contribution in [1.29, 1.82) is 0 Å². The molecule has 9 N–H and O–H groups in total. The number of aliphatic hydroxyl groups is 3. The summed E-state index contributed by atoms with van der Waals surface area (Å²) in [7, 11) is 0. The van der Waals surface area contributed by atoms with Crippen molar-refractivity contribution < 1.29 is 15.3 Å². The van der Waals surface area contributed by atoms with Gasteiger partial charge in [-0.3, -0.25) is 0 Å². The zero-order valence-corrected chi connectivity index (χ0v) is 24.9. The van der Waals surface area contributed by atoms with Gasteiger partial charge in [-0.1, -0.05) is 146 Å². The van der Waals surface area contributed by atoms with Gasteiger partial charge in [-0.15, -0.1) is 0 Å². The molecule has 0 saturated heterocycles. The van der Waals surface area contributed by atoms with Gasteiger partial charge in [0.25, 0.3) is 0 Å². The number of hydrogen-bond donors (Lipinski definition) is 6. The summed E-state index contributed by atoms with van der Waals surface area (Å²) in [5, 5.41) is 29.6. The van der Waals surface area contributed by atoms with Crippen LogP contribution in [0.1, 0.15) is 45.5 Å². The number of benzene rings is 5. The molecular formula is C38H43N3O3. The van der Waals surface area contributed by atoms with E-state index in [2.05, 4.69) is 0 Å². The second-order valence-electron chi connectivity index (χ2n) is 11.0. The summed E-state index contributed by atoms with van der Waals surface area (Å²) >= 11 is 0. The van der Waals surface area contributed by atoms with Crippen molar-refractivity contribution in [3.8, 4) is 0 Å². The fourth-order valence-electron chi connectivity index (χ4n) is 5.41. The molecule has 0 saturated carbocycles. The molecule has 0 bridgehead atoms. The van der Waals surface area contributed by atoms with Crippen LogP contribution in [0.3, 0.4) is 0 Å². The Kier molecular flexibility index (Phi) is 12.0. The maximum atomic E-state index is 11.6. The van der Waals surface area contributed by atoms with Crippen molar-refractivity contribution in [3.63, 3.8) is 0 Å². The summed E-state index contributed by atoms with van der Waals surface area (Å²) in [6.45, 7) is 0.00398. The predicted molar refractivity (Wildman–Crippen MR) is 178 cm³/mol. The SMILES string of the molecule is N[C@@H](CO)c1ccccc1.N[C@@H]1c2ccccc2C[C@@H]1O.N[C@H](Cc1ccccc1)C(O)(c1ccccc1)c1ccccc1. The summed E-state index contributed by atoms with van der Waals surface area (Å²) in [6.07, 6.45) is 0.922. The van der Waals surface area contributed by atoms with Gasteiger partial charge in [0, 0.05) is 12.5 Å². The Balaban J connectivity index is 0.000000174. The van der Waals surface area contributed by atoms with Crippen LogP contribution in [-0.4, -0.2) is 34.1 Å². The monoisotopic (exact) mass is 589 g/mol. The van der Waals surface area contributed by atoms with Crippen molar-refractivity contribution in [2.75, 3.05) is 6.61 Å². The van der Waals surface area contributed by atoms with Crippen molar-refractivity contribution in [2.45, 2.75) is 42.7 Å². The largest absolute Gasteiger partial charge is 0.394 e. The second kappa shape index (κ2) is 16.1. The van der Waals surface area contributed by atoms with Crippen LogP contribution in [0.2, 0.25) is 0 Å². The Bertz CT molecular complexity index is 1480. The lowest BCUT2D eigenvalue weighted by molar-refractivity contribution is 0.0516. The Morgan fingerprint density at radius 1 is 0.659 bits per heavy atom. The molecule has 0 radical (unpaired) electrons. The smallest absolute Gasteiger partial charge is 0.130 e. The minimum Gasteiger partial charge on any atom is -0.394 e. The molecule has 0 heterocycles. The number of fused-ring (bicyclic) bond motifs is 1. The van der Waals surface area contributed by atoms with E-state index in [9.17, 15) is 10.2 Å². The number of rotatable bonds is 7. The lowest BCUT2D eigenvalue weighted by Gasteiger charge is -2.35. The first-order chi connectivity index (χ1) is 21.3. The first kappa shape index (κ1) is 32.8. The van der Waals surface area contributed by atoms with Gasteiger partial charge in [-0.2, -0.15) is 0 Å². The quantitative estimate of drug-likeness (QED) is 0.162. The average Bonchev–Trinajstić information content (AvgIpc) is 3.38. The van der Waals surface area contributed by atoms with E-state index in [1.54, 1.807) is 0 Å². The van der Waals surface area contributed by atoms with Crippen molar-refractivity contribution in [1.82, 2.24) is 0 Å². The van der Waals surface area contributed by atoms with E-state index in [1.165, 1.54) is 5.56 Å². The first-order valence-corrected chi connectivity index (χ1v) is 14.9. The molecule has 6 rings (SSSR count). The number of hydrogen-bond acceptors (Lipinski definition) is 6. The Hall–Kier alpha value is -4.14. The average molecular weight is 590 g/mol. The Morgan fingerprint density at radius 3 is 1.61 bits per heavy atom. The van der Waals surface area contributed by atoms with Crippen molar-refractivity contribution in [3.05, 3.63) is 179 Å². The standard InChI is InChI=1S/C21H21NO.C9H11NO.C8H11NO/c22-20(16-17-10-4-1-5-11-17)21(23,18-12-6-2-7-13-18)19-14-8-3-9-15-19;10-9-7-4-2-1-3-6(7)5-8(9)11;9-8(6-10)7-4-2-1-3-5-7/h1-15,20,23H,16,22H2;1-4,8-9,11H,5,10H2;1-5,8,10H,6,9H2/t20-;8-,9+;8-/m100/s1. The Labute approximate surface area is 260 Å². The van der Waals surface area contributed by atoms with Gasteiger partial charge in [0.2, 0.25) is 0 Å². The highest BCUT2D eigenvalue weighted by Crippen LogP contribution is 2.33. The molecule has 5 aromatic rings. The molecule has 0 amide bonds. The van der Waals surface area contributed by atoms with Gasteiger partial charge in [0.1, 0.15) is 5.60 Å². The predicted octanol–water partition coefficient (Wildman–Crippen LogP) is 4.77. The molecule has 0 unspecified atom stereocenters. The third-order valence-electron chi connectivity index (χ3n) is 7.95. The first-order valence-electron chi connectivity index (χ1n) is 14.9. The van der Waals surface area contributed by atoms with Crippen LogP contribution in [0, 0.1) is 0 Å². The van der Waals surface area contributed by atoms with Gasteiger partial charge in [0.05, 0.1) is 24.8 Å². The fourth-order valence-corrected chi connectivity index (χ4v) is 5.41. The summed E-state index contributed by atoms with van der Waals surface area (Å²) in [5.74, 6) is 0. The van der Waals surface area contributed by atoms with Crippen LogP contribution in [0.4, 0.5) is 0 Å². The van der Waals surface area contributed by atoms with E-state index in [1.807, 2.05) is 146 Å². The molecule has 0 fully saturated rings. The molecule has 6 heteroatoms. The highest BCUT2D eigenvalue weighted by Gasteiger charge is 2.38. The molecular weight excluding hydrogens is 546 g/mol. The molecule has 0 spiro atoms. The third kappa shape index (κ3) is 8.27. The molecule has 5 aromatic carbocycles. The molecule has 44 heavy (non-hydrogen) atoms. The maximum Gasteiger partial charge on any atom is 0.130 e. The third-order valence-corrected chi connectivity index (χ3v) is 7.95. The van der Waals surface area contributed by atoms with E-state index >= 15 is 0 Å². The molecule has 0 aliphatic heterocycles. The van der Waals surface area contributed by atoms with Crippen LogP contribution in [0.15, 0.2) is 146 Å². The van der Waals surface area contributed by atoms with E-state index < -0.39 is 11.6 Å². The van der Waals surface area contributed by atoms with Crippen LogP contribution in [0.25, 0.3) is 0 Å². The summed E-state index contributed by atoms with van der Waals surface area (Å²) in [5.41, 5.74) is 22.6. The summed E-state index contributed by atoms with van der Waals surface area (Å²) < 4.78 is 0. The number of aliphatic hydroxyl groups excluding tert-OH is 2. The highest BCUT2D eigenvalue weighted by molar-refractivity contribution is 5.39. The van der Waals surface area contributed by atoms with E-state index in [4.69, 9.17) is 22.3 Å². The van der Waals surface area contributed by atoms with Gasteiger partial charge in [-0.25, -0.2) is 0 Å². The van der Waals surface area contributed by atoms with Crippen molar-refractivity contribution in [2.24, 2.45) is 17.2 Å². The zero-order valence-electron chi connectivity index (χ0n) is 24.9. The molecule has 228 valence electrons. The van der Waals surface area contributed by atoms with Gasteiger partial charge in [-0.05, 0) is 39.8 Å². The normalized spacial score (nSPS) is 16.8. The molecule has 1 aliphatic rings. The van der Waals surface area contributed by atoms with E-state index in [0.717, 1.165) is 27.8 Å². The second-order valence-corrected chi connectivity index (χ2v) is 11.0. The lowest BCUT2D eigenvalue weighted by Crippen LogP contribution is -2.47. The molecule has 0 aromatic heterocycles. The summed E-state index contributed by atoms with van der Waals surface area (Å²) in [4.78, 5) is 0. The van der Waals surface area contributed by atoms with Crippen LogP contribution in [-0.2, 0) is 18.4 Å². The van der Waals surface area contributed by atoms with Crippen LogP contribution < -0.4 is 17.2 Å². The zero-order chi connectivity index (χ0) is 31.4. The number of nitrogens with two attached hydrogens (primary N) is 3. The van der Waals surface area contributed by atoms with Crippen LogP contribution >= 0.6 is 0 Å². The van der Waals surface area contributed by atoms with Gasteiger partial charge >= 0.3 is 0 Å². The summed E-state index contributed by atoms with van der Waals surface area (Å²) in [6, 6.07) is 46.0. The fraction of sp³-hybridized carbons (Fsp3) is 0.211. The maximum absolute atomic E-state index is 11.6. The van der Waals surface area contributed by atoms with E-state index in [-0.39, 0.29) is 24.8 Å². The highest BCUT2D eigenvalue weighted by atomic mass is 16.3. The van der Waals surface area contributed by atoms with E-state index in [0.29, 0.717) is 12.8 Å².